The van der Waals surface area contributed by atoms with E-state index in [1.807, 2.05) is 30.1 Å². The lowest BCUT2D eigenvalue weighted by atomic mass is 10.1. The number of benzene rings is 1. The summed E-state index contributed by atoms with van der Waals surface area (Å²) in [6.07, 6.45) is 1.76. The zero-order chi connectivity index (χ0) is 14.4. The van der Waals surface area contributed by atoms with Crippen molar-refractivity contribution < 1.29 is 9.53 Å². The predicted octanol–water partition coefficient (Wildman–Crippen LogP) is 2.40. The Balaban J connectivity index is 1.93. The van der Waals surface area contributed by atoms with Gasteiger partial charge in [0.15, 0.2) is 5.78 Å². The number of ketones is 1. The Hall–Kier alpha value is -2.20. The number of carbonyl (C=O) groups excluding carboxylic acids is 1. The van der Waals surface area contributed by atoms with Gasteiger partial charge in [-0.3, -0.25) is 14.7 Å². The van der Waals surface area contributed by atoms with E-state index < -0.39 is 0 Å². The monoisotopic (exact) mass is 270 g/mol. The summed E-state index contributed by atoms with van der Waals surface area (Å²) in [5.74, 6) is 0.842. The number of nitrogens with zero attached hydrogens (tertiary/aromatic N) is 2. The number of hydrogen-bond donors (Lipinski definition) is 0. The lowest BCUT2D eigenvalue weighted by Crippen LogP contribution is -2.26. The van der Waals surface area contributed by atoms with Crippen LogP contribution in [0.1, 0.15) is 16.1 Å². The largest absolute Gasteiger partial charge is 0.497 e. The highest BCUT2D eigenvalue weighted by Crippen LogP contribution is 2.12. The summed E-state index contributed by atoms with van der Waals surface area (Å²) >= 11 is 0. The Morgan fingerprint density at radius 1 is 1.20 bits per heavy atom. The molecule has 0 radical (unpaired) electrons. The first-order chi connectivity index (χ1) is 9.69. The second-order valence-electron chi connectivity index (χ2n) is 4.65. The highest BCUT2D eigenvalue weighted by Gasteiger charge is 2.10. The lowest BCUT2D eigenvalue weighted by Gasteiger charge is -2.15. The number of Topliss-reactive ketones (excluding diaryl/α,β-unsaturated/α-hetero) is 1. The zero-order valence-corrected chi connectivity index (χ0v) is 11.7. The van der Waals surface area contributed by atoms with Crippen LogP contribution in [0.25, 0.3) is 0 Å². The van der Waals surface area contributed by atoms with E-state index in [0.717, 1.165) is 11.4 Å². The molecule has 104 valence electrons. The summed E-state index contributed by atoms with van der Waals surface area (Å²) in [7, 11) is 3.52. The summed E-state index contributed by atoms with van der Waals surface area (Å²) in [4.78, 5) is 18.3. The van der Waals surface area contributed by atoms with E-state index in [1.165, 1.54) is 0 Å². The van der Waals surface area contributed by atoms with Crippen molar-refractivity contribution in [3.8, 4) is 5.75 Å². The summed E-state index contributed by atoms with van der Waals surface area (Å²) in [5.41, 5.74) is 1.65. The fourth-order valence-corrected chi connectivity index (χ4v) is 1.94. The summed E-state index contributed by atoms with van der Waals surface area (Å²) in [6, 6.07) is 12.9. The van der Waals surface area contributed by atoms with Crippen molar-refractivity contribution in [3.05, 3.63) is 59.9 Å². The van der Waals surface area contributed by atoms with E-state index in [-0.39, 0.29) is 5.78 Å². The number of carbonyl (C=O) groups is 1. The number of hydrogen-bond acceptors (Lipinski definition) is 4. The van der Waals surface area contributed by atoms with Crippen molar-refractivity contribution in [1.29, 1.82) is 0 Å². The van der Waals surface area contributed by atoms with Gasteiger partial charge in [-0.1, -0.05) is 6.07 Å². The molecule has 0 spiro atoms. The van der Waals surface area contributed by atoms with Crippen molar-refractivity contribution in [2.75, 3.05) is 20.7 Å². The van der Waals surface area contributed by atoms with E-state index in [1.54, 1.807) is 37.6 Å². The minimum atomic E-state index is 0.0890. The van der Waals surface area contributed by atoms with Gasteiger partial charge in [-0.2, -0.15) is 0 Å². The normalized spacial score (nSPS) is 10.6. The minimum absolute atomic E-state index is 0.0890. The molecule has 2 rings (SSSR count). The van der Waals surface area contributed by atoms with Crippen LogP contribution >= 0.6 is 0 Å². The Morgan fingerprint density at radius 3 is 2.55 bits per heavy atom. The molecule has 1 aromatic carbocycles. The quantitative estimate of drug-likeness (QED) is 0.756. The van der Waals surface area contributed by atoms with Crippen molar-refractivity contribution in [3.63, 3.8) is 0 Å². The molecular weight excluding hydrogens is 252 g/mol. The maximum Gasteiger partial charge on any atom is 0.176 e. The van der Waals surface area contributed by atoms with Gasteiger partial charge in [0, 0.05) is 18.3 Å². The number of methoxy groups -OCH3 is 1. The van der Waals surface area contributed by atoms with E-state index in [9.17, 15) is 4.79 Å². The Kier molecular flexibility index (Phi) is 4.85. The van der Waals surface area contributed by atoms with Gasteiger partial charge in [-0.25, -0.2) is 0 Å². The molecule has 0 unspecified atom stereocenters. The number of aromatic nitrogens is 1. The molecule has 1 aromatic heterocycles. The van der Waals surface area contributed by atoms with Gasteiger partial charge in [-0.15, -0.1) is 0 Å². The van der Waals surface area contributed by atoms with Crippen LogP contribution in [0.2, 0.25) is 0 Å². The Labute approximate surface area is 119 Å². The van der Waals surface area contributed by atoms with Crippen LogP contribution < -0.4 is 4.74 Å². The second kappa shape index (κ2) is 6.82. The number of rotatable bonds is 6. The van der Waals surface area contributed by atoms with E-state index in [4.69, 9.17) is 4.74 Å². The molecule has 0 saturated heterocycles. The predicted molar refractivity (Wildman–Crippen MR) is 77.9 cm³/mol. The molecule has 0 atom stereocenters. The van der Waals surface area contributed by atoms with Crippen molar-refractivity contribution in [1.82, 2.24) is 9.88 Å². The molecule has 0 saturated carbocycles. The van der Waals surface area contributed by atoms with Crippen LogP contribution in [-0.4, -0.2) is 36.4 Å². The minimum Gasteiger partial charge on any atom is -0.497 e. The maximum atomic E-state index is 12.1. The molecular formula is C16H18N2O2. The van der Waals surface area contributed by atoms with Gasteiger partial charge < -0.3 is 4.74 Å². The van der Waals surface area contributed by atoms with Gasteiger partial charge in [0.05, 0.1) is 19.3 Å². The van der Waals surface area contributed by atoms with Crippen molar-refractivity contribution in [2.45, 2.75) is 6.54 Å². The van der Waals surface area contributed by atoms with Crippen LogP contribution in [0.5, 0.6) is 5.75 Å². The molecule has 20 heavy (non-hydrogen) atoms. The number of pyridine rings is 1. The molecule has 2 aromatic rings. The van der Waals surface area contributed by atoms with Gasteiger partial charge >= 0.3 is 0 Å². The lowest BCUT2D eigenvalue weighted by molar-refractivity contribution is 0.0942. The first-order valence-corrected chi connectivity index (χ1v) is 6.45. The fraction of sp³-hybridized carbons (Fsp3) is 0.250. The molecule has 0 bridgehead atoms. The molecule has 4 heteroatoms. The van der Waals surface area contributed by atoms with Gasteiger partial charge in [0.25, 0.3) is 0 Å². The highest BCUT2D eigenvalue weighted by molar-refractivity contribution is 5.97. The standard InChI is InChI=1S/C16H18N2O2/c1-18(11-14-5-3-4-10-17-14)12-16(19)13-6-8-15(20-2)9-7-13/h3-10H,11-12H2,1-2H3. The van der Waals surface area contributed by atoms with Crippen LogP contribution in [0.4, 0.5) is 0 Å². The molecule has 0 aliphatic carbocycles. The van der Waals surface area contributed by atoms with Gasteiger partial charge in [-0.05, 0) is 43.4 Å². The van der Waals surface area contributed by atoms with E-state index >= 15 is 0 Å². The average Bonchev–Trinajstić information content (AvgIpc) is 2.48. The Morgan fingerprint density at radius 2 is 1.95 bits per heavy atom. The topological polar surface area (TPSA) is 42.4 Å². The van der Waals surface area contributed by atoms with E-state index in [0.29, 0.717) is 18.7 Å². The van der Waals surface area contributed by atoms with Crippen LogP contribution in [0.15, 0.2) is 48.7 Å². The summed E-state index contributed by atoms with van der Waals surface area (Å²) in [5, 5.41) is 0. The van der Waals surface area contributed by atoms with Crippen molar-refractivity contribution in [2.24, 2.45) is 0 Å². The third-order valence-corrected chi connectivity index (χ3v) is 2.98. The highest BCUT2D eigenvalue weighted by atomic mass is 16.5. The molecule has 0 aliphatic rings. The smallest absolute Gasteiger partial charge is 0.176 e. The number of ether oxygens (including phenoxy) is 1. The van der Waals surface area contributed by atoms with E-state index in [2.05, 4.69) is 4.98 Å². The average molecular weight is 270 g/mol. The zero-order valence-electron chi connectivity index (χ0n) is 11.7. The van der Waals surface area contributed by atoms with Crippen LogP contribution in [0.3, 0.4) is 0 Å². The molecule has 0 fully saturated rings. The summed E-state index contributed by atoms with van der Waals surface area (Å²) < 4.78 is 5.08. The first-order valence-electron chi connectivity index (χ1n) is 6.45. The summed E-state index contributed by atoms with van der Waals surface area (Å²) in [6.45, 7) is 1.02. The van der Waals surface area contributed by atoms with Gasteiger partial charge in [0.2, 0.25) is 0 Å². The molecule has 0 aliphatic heterocycles. The fourth-order valence-electron chi connectivity index (χ4n) is 1.94. The van der Waals surface area contributed by atoms with Crippen LogP contribution in [-0.2, 0) is 6.54 Å². The van der Waals surface area contributed by atoms with Crippen molar-refractivity contribution >= 4 is 5.78 Å². The number of likely N-dealkylation sites (N-methyl/N-ethyl adjacent to an activating group) is 1. The van der Waals surface area contributed by atoms with Gasteiger partial charge in [0.1, 0.15) is 5.75 Å². The maximum absolute atomic E-state index is 12.1. The Bertz CT molecular complexity index is 552. The third-order valence-electron chi connectivity index (χ3n) is 2.98. The molecule has 4 nitrogen and oxygen atoms in total. The van der Waals surface area contributed by atoms with Crippen LogP contribution in [0, 0.1) is 0 Å². The second-order valence-corrected chi connectivity index (χ2v) is 4.65. The first kappa shape index (κ1) is 14.2. The molecule has 1 heterocycles. The molecule has 0 N–H and O–H groups in total. The SMILES string of the molecule is COc1ccc(C(=O)CN(C)Cc2ccccn2)cc1. The third kappa shape index (κ3) is 3.90. The molecule has 0 amide bonds.